The second-order valence-electron chi connectivity index (χ2n) is 4.88. The molecule has 0 aliphatic heterocycles. The van der Waals surface area contributed by atoms with Crippen molar-refractivity contribution in [1.82, 2.24) is 5.32 Å². The molecular weight excluding hydrogens is 258 g/mol. The number of carboxylic acids is 1. The first-order valence-electron chi connectivity index (χ1n) is 6.45. The molecule has 0 saturated carbocycles. The van der Waals surface area contributed by atoms with Gasteiger partial charge in [-0.2, -0.15) is 0 Å². The Hall–Kier alpha value is -2.24. The number of hydrogen-bond donors (Lipinski definition) is 3. The SMILES string of the molecule is CC(CCC(=O)O)NC(=O)Nc1cccc(N(C)C)c1. The zero-order valence-corrected chi connectivity index (χ0v) is 12.0. The Morgan fingerprint density at radius 2 is 2.05 bits per heavy atom. The van der Waals surface area contributed by atoms with Gasteiger partial charge in [0.15, 0.2) is 0 Å². The van der Waals surface area contributed by atoms with Gasteiger partial charge in [-0.15, -0.1) is 0 Å². The van der Waals surface area contributed by atoms with E-state index < -0.39 is 5.97 Å². The number of amides is 2. The van der Waals surface area contributed by atoms with Crippen molar-refractivity contribution in [1.29, 1.82) is 0 Å². The fourth-order valence-electron chi connectivity index (χ4n) is 1.66. The van der Waals surface area contributed by atoms with Gasteiger partial charge in [-0.1, -0.05) is 6.07 Å². The highest BCUT2D eigenvalue weighted by Gasteiger charge is 2.09. The summed E-state index contributed by atoms with van der Waals surface area (Å²) in [4.78, 5) is 24.2. The van der Waals surface area contributed by atoms with E-state index in [0.29, 0.717) is 12.1 Å². The monoisotopic (exact) mass is 279 g/mol. The number of nitrogens with zero attached hydrogens (tertiary/aromatic N) is 1. The first-order valence-corrected chi connectivity index (χ1v) is 6.45. The van der Waals surface area contributed by atoms with E-state index in [2.05, 4.69) is 10.6 Å². The van der Waals surface area contributed by atoms with Crippen LogP contribution in [0.3, 0.4) is 0 Å². The summed E-state index contributed by atoms with van der Waals surface area (Å²) < 4.78 is 0. The highest BCUT2D eigenvalue weighted by molar-refractivity contribution is 5.90. The summed E-state index contributed by atoms with van der Waals surface area (Å²) in [5, 5.41) is 14.0. The average molecular weight is 279 g/mol. The molecule has 20 heavy (non-hydrogen) atoms. The van der Waals surface area contributed by atoms with E-state index in [9.17, 15) is 9.59 Å². The molecule has 0 fully saturated rings. The van der Waals surface area contributed by atoms with Crippen LogP contribution in [-0.2, 0) is 4.79 Å². The minimum absolute atomic E-state index is 0.0392. The molecule has 0 aliphatic rings. The quantitative estimate of drug-likeness (QED) is 0.745. The first-order chi connectivity index (χ1) is 9.38. The molecule has 6 heteroatoms. The molecule has 1 unspecified atom stereocenters. The molecule has 2 amide bonds. The van der Waals surface area contributed by atoms with Gasteiger partial charge in [-0.3, -0.25) is 4.79 Å². The highest BCUT2D eigenvalue weighted by atomic mass is 16.4. The molecular formula is C14H21N3O3. The van der Waals surface area contributed by atoms with Crippen LogP contribution in [0.2, 0.25) is 0 Å². The second kappa shape index (κ2) is 7.37. The lowest BCUT2D eigenvalue weighted by Gasteiger charge is -2.16. The zero-order chi connectivity index (χ0) is 15.1. The Kier molecular flexibility index (Phi) is 5.83. The molecule has 0 heterocycles. The van der Waals surface area contributed by atoms with Crippen LogP contribution in [-0.4, -0.2) is 37.2 Å². The summed E-state index contributed by atoms with van der Waals surface area (Å²) in [6.45, 7) is 1.78. The van der Waals surface area contributed by atoms with Gasteiger partial charge in [0.2, 0.25) is 0 Å². The molecule has 1 rings (SSSR count). The molecule has 0 radical (unpaired) electrons. The van der Waals surface area contributed by atoms with E-state index in [1.54, 1.807) is 13.0 Å². The molecule has 0 saturated heterocycles. The van der Waals surface area contributed by atoms with Crippen LogP contribution in [0.15, 0.2) is 24.3 Å². The lowest BCUT2D eigenvalue weighted by Crippen LogP contribution is -2.36. The van der Waals surface area contributed by atoms with E-state index in [1.165, 1.54) is 0 Å². The number of hydrogen-bond acceptors (Lipinski definition) is 3. The van der Waals surface area contributed by atoms with Gasteiger partial charge in [0.1, 0.15) is 0 Å². The summed E-state index contributed by atoms with van der Waals surface area (Å²) in [5.41, 5.74) is 1.68. The minimum atomic E-state index is -0.863. The maximum Gasteiger partial charge on any atom is 0.319 e. The largest absolute Gasteiger partial charge is 0.481 e. The first kappa shape index (κ1) is 15.8. The molecule has 0 spiro atoms. The number of rotatable bonds is 6. The number of carbonyl (C=O) groups is 2. The maximum atomic E-state index is 11.8. The van der Waals surface area contributed by atoms with Gasteiger partial charge < -0.3 is 20.6 Å². The number of carboxylic acid groups (broad SMARTS) is 1. The van der Waals surface area contributed by atoms with E-state index in [0.717, 1.165) is 5.69 Å². The predicted molar refractivity (Wildman–Crippen MR) is 79.3 cm³/mol. The standard InChI is InChI=1S/C14H21N3O3/c1-10(7-8-13(18)19)15-14(20)16-11-5-4-6-12(9-11)17(2)3/h4-6,9-10H,7-8H2,1-3H3,(H,18,19)(H2,15,16,20). The molecule has 0 bridgehead atoms. The van der Waals surface area contributed by atoms with Crippen LogP contribution in [0.1, 0.15) is 19.8 Å². The van der Waals surface area contributed by atoms with Crippen LogP contribution in [0.4, 0.5) is 16.2 Å². The third-order valence-electron chi connectivity index (χ3n) is 2.79. The van der Waals surface area contributed by atoms with Crippen molar-refractivity contribution < 1.29 is 14.7 Å². The van der Waals surface area contributed by atoms with Crippen molar-refractivity contribution >= 4 is 23.4 Å². The van der Waals surface area contributed by atoms with Crippen molar-refractivity contribution in [3.05, 3.63) is 24.3 Å². The van der Waals surface area contributed by atoms with Crippen molar-refractivity contribution in [2.24, 2.45) is 0 Å². The highest BCUT2D eigenvalue weighted by Crippen LogP contribution is 2.17. The van der Waals surface area contributed by atoms with Gasteiger partial charge in [-0.25, -0.2) is 4.79 Å². The average Bonchev–Trinajstić information content (AvgIpc) is 2.36. The lowest BCUT2D eigenvalue weighted by molar-refractivity contribution is -0.137. The number of nitrogens with one attached hydrogen (secondary N) is 2. The van der Waals surface area contributed by atoms with Crippen molar-refractivity contribution in [3.8, 4) is 0 Å². The molecule has 6 nitrogen and oxygen atoms in total. The van der Waals surface area contributed by atoms with Gasteiger partial charge >= 0.3 is 12.0 Å². The molecule has 1 atom stereocenters. The number of aliphatic carboxylic acids is 1. The topological polar surface area (TPSA) is 81.7 Å². The third-order valence-corrected chi connectivity index (χ3v) is 2.79. The van der Waals surface area contributed by atoms with Crippen LogP contribution in [0.5, 0.6) is 0 Å². The Morgan fingerprint density at radius 1 is 1.35 bits per heavy atom. The van der Waals surface area contributed by atoms with Crippen LogP contribution in [0, 0.1) is 0 Å². The lowest BCUT2D eigenvalue weighted by atomic mass is 10.2. The summed E-state index contributed by atoms with van der Waals surface area (Å²) >= 11 is 0. The fourth-order valence-corrected chi connectivity index (χ4v) is 1.66. The molecule has 0 aliphatic carbocycles. The number of benzene rings is 1. The van der Waals surface area contributed by atoms with E-state index in [1.807, 2.05) is 37.2 Å². The Balaban J connectivity index is 2.49. The summed E-state index contributed by atoms with van der Waals surface area (Å²) in [7, 11) is 3.85. The number of urea groups is 1. The smallest absolute Gasteiger partial charge is 0.319 e. The summed E-state index contributed by atoms with van der Waals surface area (Å²) in [6.07, 6.45) is 0.443. The normalized spacial score (nSPS) is 11.6. The van der Waals surface area contributed by atoms with E-state index >= 15 is 0 Å². The van der Waals surface area contributed by atoms with Crippen LogP contribution >= 0.6 is 0 Å². The van der Waals surface area contributed by atoms with E-state index in [4.69, 9.17) is 5.11 Å². The van der Waals surface area contributed by atoms with Crippen LogP contribution in [0.25, 0.3) is 0 Å². The van der Waals surface area contributed by atoms with Crippen molar-refractivity contribution in [2.45, 2.75) is 25.8 Å². The van der Waals surface area contributed by atoms with Crippen molar-refractivity contribution in [3.63, 3.8) is 0 Å². The zero-order valence-electron chi connectivity index (χ0n) is 12.0. The van der Waals surface area contributed by atoms with Gasteiger partial charge in [0.25, 0.3) is 0 Å². The second-order valence-corrected chi connectivity index (χ2v) is 4.88. The van der Waals surface area contributed by atoms with Gasteiger partial charge in [0, 0.05) is 37.9 Å². The van der Waals surface area contributed by atoms with Gasteiger partial charge in [0.05, 0.1) is 0 Å². The molecule has 3 N–H and O–H groups in total. The molecule has 1 aromatic carbocycles. The fraction of sp³-hybridized carbons (Fsp3) is 0.429. The third kappa shape index (κ3) is 5.60. The Bertz CT molecular complexity index is 474. The van der Waals surface area contributed by atoms with Crippen molar-refractivity contribution in [2.75, 3.05) is 24.3 Å². The molecule has 1 aromatic rings. The minimum Gasteiger partial charge on any atom is -0.481 e. The summed E-state index contributed by atoms with van der Waals surface area (Å²) in [5.74, 6) is -0.863. The van der Waals surface area contributed by atoms with Crippen LogP contribution < -0.4 is 15.5 Å². The van der Waals surface area contributed by atoms with Gasteiger partial charge in [-0.05, 0) is 31.5 Å². The van der Waals surface area contributed by atoms with E-state index in [-0.39, 0.29) is 18.5 Å². The maximum absolute atomic E-state index is 11.8. The summed E-state index contributed by atoms with van der Waals surface area (Å²) in [6, 6.07) is 6.94. The Morgan fingerprint density at radius 3 is 2.65 bits per heavy atom. The molecule has 0 aromatic heterocycles. The predicted octanol–water partition coefficient (Wildman–Crippen LogP) is 2.13. The number of carbonyl (C=O) groups excluding carboxylic acids is 1. The Labute approximate surface area is 118 Å². The number of anilines is 2. The molecule has 110 valence electrons.